The highest BCUT2D eigenvalue weighted by Gasteiger charge is 2.52. The van der Waals surface area contributed by atoms with Gasteiger partial charge in [-0.05, 0) is 39.6 Å². The quantitative estimate of drug-likeness (QED) is 0.753. The van der Waals surface area contributed by atoms with E-state index in [0.717, 1.165) is 6.61 Å². The molecule has 3 atom stereocenters. The summed E-state index contributed by atoms with van der Waals surface area (Å²) in [6, 6.07) is 21.6. The van der Waals surface area contributed by atoms with Crippen molar-refractivity contribution in [2.75, 3.05) is 13.2 Å². The molecule has 0 amide bonds. The third-order valence-corrected chi connectivity index (χ3v) is 10.9. The molecular formula is C23H32O2Si. The number of hydrogen-bond acceptors (Lipinski definition) is 2. The number of rotatable bonds is 7. The highest BCUT2D eigenvalue weighted by atomic mass is 28.4. The summed E-state index contributed by atoms with van der Waals surface area (Å²) >= 11 is 0. The molecule has 3 heteroatoms. The van der Waals surface area contributed by atoms with Crippen LogP contribution in [0.5, 0.6) is 0 Å². The summed E-state index contributed by atoms with van der Waals surface area (Å²) in [6.45, 7) is 10.2. The molecule has 0 aromatic heterocycles. The maximum absolute atomic E-state index is 9.44. The zero-order valence-corrected chi connectivity index (χ0v) is 17.5. The van der Waals surface area contributed by atoms with E-state index in [9.17, 15) is 5.11 Å². The maximum atomic E-state index is 9.44. The summed E-state index contributed by atoms with van der Waals surface area (Å²) in [5.41, 5.74) is 0. The fraction of sp³-hybridized carbons (Fsp3) is 0.478. The van der Waals surface area contributed by atoms with Crippen molar-refractivity contribution in [2.45, 2.75) is 39.2 Å². The predicted molar refractivity (Wildman–Crippen MR) is 111 cm³/mol. The zero-order chi connectivity index (χ0) is 18.8. The first-order valence-electron chi connectivity index (χ1n) is 9.76. The van der Waals surface area contributed by atoms with Crippen LogP contribution in [0.1, 0.15) is 34.1 Å². The van der Waals surface area contributed by atoms with Crippen LogP contribution >= 0.6 is 0 Å². The fourth-order valence-electron chi connectivity index (χ4n) is 4.29. The fourth-order valence-corrected chi connectivity index (χ4v) is 8.91. The van der Waals surface area contributed by atoms with E-state index in [4.69, 9.17) is 4.43 Å². The Bertz CT molecular complexity index is 654. The van der Waals surface area contributed by atoms with Gasteiger partial charge < -0.3 is 9.53 Å². The highest BCUT2D eigenvalue weighted by molar-refractivity contribution is 6.99. The minimum atomic E-state index is -2.41. The van der Waals surface area contributed by atoms with Gasteiger partial charge in [0.1, 0.15) is 0 Å². The van der Waals surface area contributed by atoms with Gasteiger partial charge in [-0.25, -0.2) is 0 Å². The Morgan fingerprint density at radius 1 is 1.00 bits per heavy atom. The Labute approximate surface area is 159 Å². The standard InChI is InChI=1S/C23H32O2Si/c1-18(16-24)22-15-19(22)17-25-26(23(2,3)4,20-11-7-5-8-12-20)21-13-9-6-10-14-21/h5-14,18-19,22,24H,15-17H2,1-4H3/t18?,19-,22-/m1/s1. The number of hydrogen-bond donors (Lipinski definition) is 1. The third kappa shape index (κ3) is 3.66. The lowest BCUT2D eigenvalue weighted by Gasteiger charge is -2.43. The Morgan fingerprint density at radius 3 is 1.92 bits per heavy atom. The van der Waals surface area contributed by atoms with Crippen molar-refractivity contribution in [2.24, 2.45) is 17.8 Å². The van der Waals surface area contributed by atoms with Gasteiger partial charge in [-0.1, -0.05) is 88.4 Å². The molecule has 1 aliphatic rings. The minimum absolute atomic E-state index is 0.0304. The van der Waals surface area contributed by atoms with Gasteiger partial charge in [0.05, 0.1) is 0 Å². The molecule has 2 aromatic rings. The first kappa shape index (κ1) is 19.3. The van der Waals surface area contributed by atoms with Crippen LogP contribution in [0.15, 0.2) is 60.7 Å². The monoisotopic (exact) mass is 368 g/mol. The number of aliphatic hydroxyl groups is 1. The molecule has 0 bridgehead atoms. The second-order valence-electron chi connectivity index (χ2n) is 8.79. The van der Waals surface area contributed by atoms with Gasteiger partial charge in [0.15, 0.2) is 0 Å². The molecule has 1 aliphatic carbocycles. The van der Waals surface area contributed by atoms with Crippen LogP contribution in [0.2, 0.25) is 5.04 Å². The average Bonchev–Trinajstić information content (AvgIpc) is 3.42. The summed E-state index contributed by atoms with van der Waals surface area (Å²) in [6.07, 6.45) is 1.18. The average molecular weight is 369 g/mol. The SMILES string of the molecule is CC(CO)[C@H]1C[C@@H]1CO[Si](c1ccccc1)(c1ccccc1)C(C)(C)C. The summed E-state index contributed by atoms with van der Waals surface area (Å²) in [4.78, 5) is 0. The summed E-state index contributed by atoms with van der Waals surface area (Å²) in [5, 5.41) is 12.2. The van der Waals surface area contributed by atoms with Crippen LogP contribution in [-0.2, 0) is 4.43 Å². The van der Waals surface area contributed by atoms with E-state index < -0.39 is 8.32 Å². The molecule has 3 rings (SSSR count). The van der Waals surface area contributed by atoms with Gasteiger partial charge in [-0.3, -0.25) is 0 Å². The molecule has 1 saturated carbocycles. The van der Waals surface area contributed by atoms with Crippen LogP contribution in [0, 0.1) is 17.8 Å². The van der Waals surface area contributed by atoms with E-state index in [1.165, 1.54) is 16.8 Å². The summed E-state index contributed by atoms with van der Waals surface area (Å²) < 4.78 is 6.97. The van der Waals surface area contributed by atoms with Crippen molar-refractivity contribution >= 4 is 18.7 Å². The Morgan fingerprint density at radius 2 is 1.50 bits per heavy atom. The van der Waals surface area contributed by atoms with E-state index in [1.54, 1.807) is 0 Å². The largest absolute Gasteiger partial charge is 0.407 e. The topological polar surface area (TPSA) is 29.5 Å². The molecule has 0 saturated heterocycles. The van der Waals surface area contributed by atoms with Crippen molar-refractivity contribution < 1.29 is 9.53 Å². The molecule has 1 unspecified atom stereocenters. The van der Waals surface area contributed by atoms with Gasteiger partial charge in [-0.15, -0.1) is 0 Å². The van der Waals surface area contributed by atoms with Gasteiger partial charge in [0.25, 0.3) is 8.32 Å². The van der Waals surface area contributed by atoms with Crippen LogP contribution in [0.4, 0.5) is 0 Å². The lowest BCUT2D eigenvalue weighted by atomic mass is 10.1. The van der Waals surface area contributed by atoms with E-state index in [-0.39, 0.29) is 11.6 Å². The van der Waals surface area contributed by atoms with Crippen LogP contribution < -0.4 is 10.4 Å². The van der Waals surface area contributed by atoms with E-state index >= 15 is 0 Å². The van der Waals surface area contributed by atoms with Crippen LogP contribution in [0.25, 0.3) is 0 Å². The highest BCUT2D eigenvalue weighted by Crippen LogP contribution is 2.46. The maximum Gasteiger partial charge on any atom is 0.261 e. The molecule has 1 N–H and O–H groups in total. The van der Waals surface area contributed by atoms with Crippen LogP contribution in [0.3, 0.4) is 0 Å². The second-order valence-corrected chi connectivity index (χ2v) is 13.1. The lowest BCUT2D eigenvalue weighted by Crippen LogP contribution is -2.66. The molecule has 1 fully saturated rings. The van der Waals surface area contributed by atoms with E-state index in [2.05, 4.69) is 88.4 Å². The smallest absolute Gasteiger partial charge is 0.261 e. The van der Waals surface area contributed by atoms with Gasteiger partial charge in [-0.2, -0.15) is 0 Å². The van der Waals surface area contributed by atoms with Crippen molar-refractivity contribution in [3.8, 4) is 0 Å². The number of aliphatic hydroxyl groups excluding tert-OH is 1. The van der Waals surface area contributed by atoms with Gasteiger partial charge in [0.2, 0.25) is 0 Å². The molecule has 0 spiro atoms. The predicted octanol–water partition coefficient (Wildman–Crippen LogP) is 3.83. The summed E-state index contributed by atoms with van der Waals surface area (Å²) in [7, 11) is -2.41. The zero-order valence-electron chi connectivity index (χ0n) is 16.5. The third-order valence-electron chi connectivity index (χ3n) is 5.93. The van der Waals surface area contributed by atoms with Crippen molar-refractivity contribution in [3.05, 3.63) is 60.7 Å². The Balaban J connectivity index is 1.96. The van der Waals surface area contributed by atoms with E-state index in [1.807, 2.05) is 0 Å². The number of benzene rings is 2. The van der Waals surface area contributed by atoms with Gasteiger partial charge in [0, 0.05) is 13.2 Å². The molecule has 2 aromatic carbocycles. The van der Waals surface area contributed by atoms with Crippen LogP contribution in [-0.4, -0.2) is 26.6 Å². The molecule has 0 heterocycles. The molecule has 0 radical (unpaired) electrons. The lowest BCUT2D eigenvalue weighted by molar-refractivity contribution is 0.205. The normalized spacial score (nSPS) is 21.4. The second kappa shape index (κ2) is 7.67. The van der Waals surface area contributed by atoms with Crippen molar-refractivity contribution in [1.82, 2.24) is 0 Å². The van der Waals surface area contributed by atoms with Gasteiger partial charge >= 0.3 is 0 Å². The molecule has 140 valence electrons. The molecule has 0 aliphatic heterocycles. The Kier molecular flexibility index (Phi) is 5.71. The van der Waals surface area contributed by atoms with E-state index in [0.29, 0.717) is 17.8 Å². The summed E-state index contributed by atoms with van der Waals surface area (Å²) in [5.74, 6) is 1.57. The molecule has 2 nitrogen and oxygen atoms in total. The van der Waals surface area contributed by atoms with Crippen molar-refractivity contribution in [3.63, 3.8) is 0 Å². The van der Waals surface area contributed by atoms with Crippen molar-refractivity contribution in [1.29, 1.82) is 0 Å². The molecular weight excluding hydrogens is 336 g/mol. The minimum Gasteiger partial charge on any atom is -0.407 e. The molecule has 26 heavy (non-hydrogen) atoms. The first-order valence-corrected chi connectivity index (χ1v) is 11.7. The first-order chi connectivity index (χ1) is 12.4. The Hall–Kier alpha value is -1.42.